The molecule has 0 nitrogen and oxygen atoms in total. The van der Waals surface area contributed by atoms with Crippen molar-refractivity contribution in [3.05, 3.63) is 12.7 Å². The normalized spacial score (nSPS) is 54.9. The van der Waals surface area contributed by atoms with E-state index >= 15 is 0 Å². The monoisotopic (exact) mass is 150 g/mol. The summed E-state index contributed by atoms with van der Waals surface area (Å²) < 4.78 is 0. The van der Waals surface area contributed by atoms with Gasteiger partial charge >= 0.3 is 0 Å². The second kappa shape index (κ2) is 2.12. The molecule has 3 atom stereocenters. The van der Waals surface area contributed by atoms with Crippen LogP contribution < -0.4 is 0 Å². The van der Waals surface area contributed by atoms with E-state index in [9.17, 15) is 0 Å². The zero-order valence-corrected chi connectivity index (χ0v) is 7.64. The standard InChI is InChI=1S/C11H18/c1-4-10-5-6-11(7-10)8(2)9(11)3/h4,8-10H,1,5-7H2,2-3H3. The minimum absolute atomic E-state index is 0.763. The summed E-state index contributed by atoms with van der Waals surface area (Å²) in [7, 11) is 0. The molecule has 0 aliphatic heterocycles. The predicted molar refractivity (Wildman–Crippen MR) is 48.3 cm³/mol. The van der Waals surface area contributed by atoms with Gasteiger partial charge in [0.2, 0.25) is 0 Å². The minimum Gasteiger partial charge on any atom is -0.103 e. The fourth-order valence-electron chi connectivity index (χ4n) is 3.12. The first kappa shape index (κ1) is 7.39. The molecule has 3 unspecified atom stereocenters. The average molecular weight is 150 g/mol. The van der Waals surface area contributed by atoms with Crippen LogP contribution in [0, 0.1) is 23.2 Å². The third kappa shape index (κ3) is 0.816. The van der Waals surface area contributed by atoms with Gasteiger partial charge in [0.25, 0.3) is 0 Å². The lowest BCUT2D eigenvalue weighted by Crippen LogP contribution is -1.97. The van der Waals surface area contributed by atoms with Crippen LogP contribution in [0.1, 0.15) is 33.1 Å². The summed E-state index contributed by atoms with van der Waals surface area (Å²) in [5.74, 6) is 2.82. The SMILES string of the molecule is C=CC1CCC2(C1)C(C)C2C. The Bertz CT molecular complexity index is 172. The van der Waals surface area contributed by atoms with E-state index < -0.39 is 0 Å². The number of hydrogen-bond acceptors (Lipinski definition) is 0. The van der Waals surface area contributed by atoms with Crippen LogP contribution in [0.5, 0.6) is 0 Å². The zero-order valence-electron chi connectivity index (χ0n) is 7.64. The van der Waals surface area contributed by atoms with Crippen molar-refractivity contribution >= 4 is 0 Å². The van der Waals surface area contributed by atoms with Crippen molar-refractivity contribution in [1.82, 2.24) is 0 Å². The molecule has 2 saturated carbocycles. The Morgan fingerprint density at radius 2 is 2.00 bits per heavy atom. The first-order valence-electron chi connectivity index (χ1n) is 4.83. The van der Waals surface area contributed by atoms with Gasteiger partial charge in [-0.05, 0) is 42.4 Å². The van der Waals surface area contributed by atoms with Gasteiger partial charge in [-0.2, -0.15) is 0 Å². The van der Waals surface area contributed by atoms with Crippen molar-refractivity contribution in [2.45, 2.75) is 33.1 Å². The molecule has 0 heteroatoms. The van der Waals surface area contributed by atoms with Crippen molar-refractivity contribution in [3.8, 4) is 0 Å². The number of hydrogen-bond donors (Lipinski definition) is 0. The van der Waals surface area contributed by atoms with Crippen LogP contribution >= 0.6 is 0 Å². The first-order chi connectivity index (χ1) is 5.20. The van der Waals surface area contributed by atoms with Gasteiger partial charge in [-0.3, -0.25) is 0 Å². The van der Waals surface area contributed by atoms with Crippen LogP contribution in [0.15, 0.2) is 12.7 Å². The molecule has 0 saturated heterocycles. The smallest absolute Gasteiger partial charge is 0.0230 e. The highest BCUT2D eigenvalue weighted by Crippen LogP contribution is 2.68. The molecule has 0 amide bonds. The topological polar surface area (TPSA) is 0 Å². The van der Waals surface area contributed by atoms with E-state index in [1.807, 2.05) is 0 Å². The highest BCUT2D eigenvalue weighted by Gasteiger charge is 2.60. The number of rotatable bonds is 1. The molecule has 11 heavy (non-hydrogen) atoms. The van der Waals surface area contributed by atoms with Crippen molar-refractivity contribution in [2.75, 3.05) is 0 Å². The lowest BCUT2D eigenvalue weighted by Gasteiger charge is -2.06. The van der Waals surface area contributed by atoms with Crippen LogP contribution in [0.3, 0.4) is 0 Å². The van der Waals surface area contributed by atoms with Gasteiger partial charge in [0.1, 0.15) is 0 Å². The Balaban J connectivity index is 2.05. The third-order valence-electron chi connectivity index (χ3n) is 4.41. The molecule has 2 aliphatic carbocycles. The van der Waals surface area contributed by atoms with Gasteiger partial charge in [0, 0.05) is 0 Å². The molecule has 0 bridgehead atoms. The molecule has 0 aromatic carbocycles. The summed E-state index contributed by atoms with van der Waals surface area (Å²) in [6.07, 6.45) is 6.45. The second-order valence-electron chi connectivity index (χ2n) is 4.55. The van der Waals surface area contributed by atoms with E-state index in [2.05, 4.69) is 26.5 Å². The van der Waals surface area contributed by atoms with Gasteiger partial charge in [-0.25, -0.2) is 0 Å². The Labute approximate surface area is 69.7 Å². The Hall–Kier alpha value is -0.260. The van der Waals surface area contributed by atoms with Crippen LogP contribution in [-0.2, 0) is 0 Å². The van der Waals surface area contributed by atoms with Gasteiger partial charge < -0.3 is 0 Å². The zero-order chi connectivity index (χ0) is 8.06. The average Bonchev–Trinajstić information content (AvgIpc) is 2.49. The summed E-state index contributed by atoms with van der Waals surface area (Å²) in [6.45, 7) is 8.71. The molecule has 0 aromatic heterocycles. The Kier molecular flexibility index (Phi) is 1.42. The van der Waals surface area contributed by atoms with E-state index in [1.165, 1.54) is 19.3 Å². The first-order valence-corrected chi connectivity index (χ1v) is 4.83. The van der Waals surface area contributed by atoms with Crippen LogP contribution in [0.25, 0.3) is 0 Å². The maximum Gasteiger partial charge on any atom is -0.0230 e. The van der Waals surface area contributed by atoms with Gasteiger partial charge in [-0.1, -0.05) is 19.9 Å². The molecular weight excluding hydrogens is 132 g/mol. The van der Waals surface area contributed by atoms with Gasteiger partial charge in [0.05, 0.1) is 0 Å². The fourth-order valence-corrected chi connectivity index (χ4v) is 3.12. The highest BCUT2D eigenvalue weighted by atomic mass is 14.6. The Morgan fingerprint density at radius 1 is 1.36 bits per heavy atom. The summed E-state index contributed by atoms with van der Waals surface area (Å²) in [5, 5.41) is 0. The van der Waals surface area contributed by atoms with Crippen molar-refractivity contribution in [3.63, 3.8) is 0 Å². The van der Waals surface area contributed by atoms with Crippen LogP contribution in [-0.4, -0.2) is 0 Å². The molecule has 2 rings (SSSR count). The molecular formula is C11H18. The fraction of sp³-hybridized carbons (Fsp3) is 0.818. The largest absolute Gasteiger partial charge is 0.103 e. The van der Waals surface area contributed by atoms with E-state index in [1.54, 1.807) is 0 Å². The van der Waals surface area contributed by atoms with Crippen molar-refractivity contribution in [2.24, 2.45) is 23.2 Å². The molecule has 0 heterocycles. The molecule has 1 spiro atoms. The molecule has 2 aliphatic rings. The predicted octanol–water partition coefficient (Wildman–Crippen LogP) is 3.24. The van der Waals surface area contributed by atoms with E-state index in [-0.39, 0.29) is 0 Å². The summed E-state index contributed by atoms with van der Waals surface area (Å²) in [6, 6.07) is 0. The van der Waals surface area contributed by atoms with E-state index in [0.29, 0.717) is 0 Å². The quantitative estimate of drug-likeness (QED) is 0.503. The minimum atomic E-state index is 0.763. The summed E-state index contributed by atoms with van der Waals surface area (Å²) >= 11 is 0. The van der Waals surface area contributed by atoms with Crippen molar-refractivity contribution < 1.29 is 0 Å². The molecule has 0 radical (unpaired) electrons. The second-order valence-corrected chi connectivity index (χ2v) is 4.55. The molecule has 62 valence electrons. The maximum atomic E-state index is 3.89. The highest BCUT2D eigenvalue weighted by molar-refractivity contribution is 5.11. The number of allylic oxidation sites excluding steroid dienone is 1. The summed E-state index contributed by atoms with van der Waals surface area (Å²) in [5.41, 5.74) is 0.763. The van der Waals surface area contributed by atoms with Gasteiger partial charge in [0.15, 0.2) is 0 Å². The Morgan fingerprint density at radius 3 is 2.27 bits per heavy atom. The van der Waals surface area contributed by atoms with E-state index in [4.69, 9.17) is 0 Å². The van der Waals surface area contributed by atoms with Crippen molar-refractivity contribution in [1.29, 1.82) is 0 Å². The lowest BCUT2D eigenvalue weighted by molar-refractivity contribution is 0.449. The third-order valence-corrected chi connectivity index (χ3v) is 4.41. The van der Waals surface area contributed by atoms with Gasteiger partial charge in [-0.15, -0.1) is 6.58 Å². The maximum absolute atomic E-state index is 3.89. The van der Waals surface area contributed by atoms with E-state index in [0.717, 1.165) is 23.2 Å². The summed E-state index contributed by atoms with van der Waals surface area (Å²) in [4.78, 5) is 0. The molecule has 2 fully saturated rings. The van der Waals surface area contributed by atoms with Crippen LogP contribution in [0.4, 0.5) is 0 Å². The lowest BCUT2D eigenvalue weighted by atomic mass is 9.99. The molecule has 0 aromatic rings. The van der Waals surface area contributed by atoms with Crippen LogP contribution in [0.2, 0.25) is 0 Å². The molecule has 0 N–H and O–H groups in total.